The molecule has 3 heteroatoms. The van der Waals surface area contributed by atoms with Gasteiger partial charge < -0.3 is 4.90 Å². The van der Waals surface area contributed by atoms with E-state index in [1.165, 1.54) is 32.4 Å². The van der Waals surface area contributed by atoms with Gasteiger partial charge in [0, 0.05) is 6.54 Å². The lowest BCUT2D eigenvalue weighted by molar-refractivity contribution is 0.246. The highest BCUT2D eigenvalue weighted by molar-refractivity contribution is 5.03. The van der Waals surface area contributed by atoms with E-state index in [4.69, 9.17) is 0 Å². The van der Waals surface area contributed by atoms with Crippen molar-refractivity contribution in [3.63, 3.8) is 0 Å². The Balaban J connectivity index is 2.40. The molecule has 2 unspecified atom stereocenters. The van der Waals surface area contributed by atoms with Crippen LogP contribution < -0.4 is 5.32 Å². The van der Waals surface area contributed by atoms with Crippen molar-refractivity contribution in [2.45, 2.75) is 58.9 Å². The Kier molecular flexibility index (Phi) is 6.82. The highest BCUT2D eigenvalue weighted by atomic mass is 15.1. The van der Waals surface area contributed by atoms with Crippen LogP contribution in [0.3, 0.4) is 0 Å². The van der Waals surface area contributed by atoms with E-state index in [1.807, 2.05) is 6.92 Å². The molecule has 3 nitrogen and oxygen atoms in total. The van der Waals surface area contributed by atoms with Gasteiger partial charge in [0.2, 0.25) is 0 Å². The van der Waals surface area contributed by atoms with Crippen LogP contribution in [0, 0.1) is 23.2 Å². The van der Waals surface area contributed by atoms with E-state index in [2.05, 4.69) is 37.1 Å². The van der Waals surface area contributed by atoms with E-state index in [9.17, 15) is 5.26 Å². The average Bonchev–Trinajstić information content (AvgIpc) is 2.62. The Bertz CT molecular complexity index is 295. The van der Waals surface area contributed by atoms with Crippen LogP contribution in [0.25, 0.3) is 0 Å². The van der Waals surface area contributed by atoms with Gasteiger partial charge in [0.25, 0.3) is 0 Å². The van der Waals surface area contributed by atoms with Crippen molar-refractivity contribution in [2.75, 3.05) is 26.2 Å². The molecule has 1 aliphatic heterocycles. The summed E-state index contributed by atoms with van der Waals surface area (Å²) in [5.41, 5.74) is -0.363. The molecule has 1 heterocycles. The molecule has 0 saturated carbocycles. The van der Waals surface area contributed by atoms with Crippen LogP contribution in [0.2, 0.25) is 0 Å². The second-order valence-electron chi connectivity index (χ2n) is 6.50. The average molecular weight is 265 g/mol. The zero-order chi connectivity index (χ0) is 14.3. The molecule has 1 saturated heterocycles. The maximum atomic E-state index is 9.29. The Labute approximate surface area is 119 Å². The summed E-state index contributed by atoms with van der Waals surface area (Å²) in [4.78, 5) is 2.55. The molecular formula is C16H31N3. The van der Waals surface area contributed by atoms with Gasteiger partial charge in [-0.05, 0) is 64.1 Å². The van der Waals surface area contributed by atoms with Gasteiger partial charge in [-0.2, -0.15) is 5.26 Å². The first kappa shape index (κ1) is 16.5. The molecule has 19 heavy (non-hydrogen) atoms. The van der Waals surface area contributed by atoms with E-state index in [0.29, 0.717) is 0 Å². The van der Waals surface area contributed by atoms with Crippen molar-refractivity contribution in [3.8, 4) is 6.07 Å². The van der Waals surface area contributed by atoms with Gasteiger partial charge in [0.15, 0.2) is 0 Å². The first-order chi connectivity index (χ1) is 9.00. The fraction of sp³-hybridized carbons (Fsp3) is 0.938. The van der Waals surface area contributed by atoms with Gasteiger partial charge in [0.05, 0.1) is 6.07 Å². The third-order valence-electron chi connectivity index (χ3n) is 4.55. The molecule has 0 aromatic carbocycles. The predicted molar refractivity (Wildman–Crippen MR) is 80.9 cm³/mol. The minimum Gasteiger partial charge on any atom is -0.303 e. The Morgan fingerprint density at radius 1 is 1.37 bits per heavy atom. The molecule has 0 aliphatic carbocycles. The maximum absolute atomic E-state index is 9.29. The molecular weight excluding hydrogens is 234 g/mol. The Morgan fingerprint density at radius 3 is 2.68 bits per heavy atom. The number of rotatable bonds is 6. The van der Waals surface area contributed by atoms with Crippen LogP contribution >= 0.6 is 0 Å². The highest BCUT2D eigenvalue weighted by Crippen LogP contribution is 2.25. The predicted octanol–water partition coefficient (Wildman–Crippen LogP) is 3.03. The van der Waals surface area contributed by atoms with E-state index in [0.717, 1.165) is 31.3 Å². The van der Waals surface area contributed by atoms with Crippen LogP contribution in [-0.2, 0) is 0 Å². The van der Waals surface area contributed by atoms with E-state index >= 15 is 0 Å². The van der Waals surface area contributed by atoms with E-state index in [-0.39, 0.29) is 5.54 Å². The van der Waals surface area contributed by atoms with Crippen LogP contribution in [-0.4, -0.2) is 36.6 Å². The van der Waals surface area contributed by atoms with Gasteiger partial charge >= 0.3 is 0 Å². The lowest BCUT2D eigenvalue weighted by Gasteiger charge is -2.27. The zero-order valence-corrected chi connectivity index (χ0v) is 13.2. The van der Waals surface area contributed by atoms with Crippen molar-refractivity contribution in [1.29, 1.82) is 5.26 Å². The minimum absolute atomic E-state index is 0.363. The number of likely N-dealkylation sites (tertiary alicyclic amines) is 1. The van der Waals surface area contributed by atoms with Crippen molar-refractivity contribution in [1.82, 2.24) is 10.2 Å². The molecule has 1 N–H and O–H groups in total. The molecule has 0 spiro atoms. The van der Waals surface area contributed by atoms with Crippen LogP contribution in [0.5, 0.6) is 0 Å². The third-order valence-corrected chi connectivity index (χ3v) is 4.55. The number of hydrogen-bond donors (Lipinski definition) is 1. The lowest BCUT2D eigenvalue weighted by Crippen LogP contribution is -2.44. The summed E-state index contributed by atoms with van der Waals surface area (Å²) >= 11 is 0. The maximum Gasteiger partial charge on any atom is 0.105 e. The SMILES string of the molecule is CCNC(C)(C#N)CCN1CCCC(C(C)C)CC1. The summed E-state index contributed by atoms with van der Waals surface area (Å²) in [6, 6.07) is 2.42. The summed E-state index contributed by atoms with van der Waals surface area (Å²) in [5.74, 6) is 1.70. The smallest absolute Gasteiger partial charge is 0.105 e. The molecule has 110 valence electrons. The van der Waals surface area contributed by atoms with E-state index in [1.54, 1.807) is 0 Å². The summed E-state index contributed by atoms with van der Waals surface area (Å²) in [5, 5.41) is 12.6. The first-order valence-electron chi connectivity index (χ1n) is 7.89. The molecule has 0 bridgehead atoms. The first-order valence-corrected chi connectivity index (χ1v) is 7.89. The quantitative estimate of drug-likeness (QED) is 0.802. The molecule has 2 atom stereocenters. The lowest BCUT2D eigenvalue weighted by atomic mass is 9.89. The topological polar surface area (TPSA) is 39.1 Å². The fourth-order valence-corrected chi connectivity index (χ4v) is 3.03. The van der Waals surface area contributed by atoms with Crippen molar-refractivity contribution < 1.29 is 0 Å². The zero-order valence-electron chi connectivity index (χ0n) is 13.2. The largest absolute Gasteiger partial charge is 0.303 e. The summed E-state index contributed by atoms with van der Waals surface area (Å²) < 4.78 is 0. The molecule has 1 aliphatic rings. The molecule has 0 aromatic heterocycles. The third kappa shape index (κ3) is 5.50. The minimum atomic E-state index is -0.363. The molecule has 1 rings (SSSR count). The van der Waals surface area contributed by atoms with E-state index < -0.39 is 0 Å². The van der Waals surface area contributed by atoms with Crippen molar-refractivity contribution in [3.05, 3.63) is 0 Å². The highest BCUT2D eigenvalue weighted by Gasteiger charge is 2.25. The molecule has 1 fully saturated rings. The van der Waals surface area contributed by atoms with Gasteiger partial charge in [-0.15, -0.1) is 0 Å². The Morgan fingerprint density at radius 2 is 2.11 bits per heavy atom. The number of hydrogen-bond acceptors (Lipinski definition) is 3. The monoisotopic (exact) mass is 265 g/mol. The summed E-state index contributed by atoms with van der Waals surface area (Å²) in [6.45, 7) is 13.1. The number of nitrogens with zero attached hydrogens (tertiary/aromatic N) is 2. The Hall–Kier alpha value is -0.590. The second kappa shape index (κ2) is 7.87. The summed E-state index contributed by atoms with van der Waals surface area (Å²) in [7, 11) is 0. The fourth-order valence-electron chi connectivity index (χ4n) is 3.03. The number of nitriles is 1. The van der Waals surface area contributed by atoms with Crippen LogP contribution in [0.4, 0.5) is 0 Å². The van der Waals surface area contributed by atoms with Gasteiger partial charge in [-0.1, -0.05) is 20.8 Å². The second-order valence-corrected chi connectivity index (χ2v) is 6.50. The van der Waals surface area contributed by atoms with Gasteiger partial charge in [-0.25, -0.2) is 0 Å². The molecule has 0 amide bonds. The van der Waals surface area contributed by atoms with Gasteiger partial charge in [-0.3, -0.25) is 5.32 Å². The van der Waals surface area contributed by atoms with Crippen molar-refractivity contribution in [2.24, 2.45) is 11.8 Å². The molecule has 0 radical (unpaired) electrons. The number of nitrogens with one attached hydrogen (secondary N) is 1. The van der Waals surface area contributed by atoms with Crippen LogP contribution in [0.15, 0.2) is 0 Å². The van der Waals surface area contributed by atoms with Gasteiger partial charge in [0.1, 0.15) is 5.54 Å². The van der Waals surface area contributed by atoms with Crippen LogP contribution in [0.1, 0.15) is 53.4 Å². The van der Waals surface area contributed by atoms with Crippen molar-refractivity contribution >= 4 is 0 Å². The molecule has 0 aromatic rings. The standard InChI is InChI=1S/C16H31N3/c1-5-18-16(4,13-17)9-12-19-10-6-7-15(8-11-19)14(2)3/h14-15,18H,5-12H2,1-4H3. The normalized spacial score (nSPS) is 24.7. The summed E-state index contributed by atoms with van der Waals surface area (Å²) in [6.07, 6.45) is 4.93.